The first-order valence-corrected chi connectivity index (χ1v) is 6.45. The van der Waals surface area contributed by atoms with Crippen molar-refractivity contribution in [2.24, 2.45) is 4.99 Å². The molecule has 4 nitrogen and oxygen atoms in total. The van der Waals surface area contributed by atoms with Crippen molar-refractivity contribution in [3.05, 3.63) is 0 Å². The Kier molecular flexibility index (Phi) is 11.7. The van der Waals surface area contributed by atoms with Crippen molar-refractivity contribution in [3.63, 3.8) is 0 Å². The number of ether oxygens (including phenoxy) is 1. The third kappa shape index (κ3) is 9.77. The number of nitrogens with one attached hydrogen (secondary N) is 2. The third-order valence-corrected chi connectivity index (χ3v) is 2.02. The van der Waals surface area contributed by atoms with Crippen molar-refractivity contribution in [2.75, 3.05) is 32.8 Å². The van der Waals surface area contributed by atoms with Gasteiger partial charge in [-0.15, -0.1) is 0 Å². The normalized spacial score (nSPS) is 11.6. The molecule has 0 aliphatic heterocycles. The van der Waals surface area contributed by atoms with E-state index in [1.54, 1.807) is 0 Å². The average Bonchev–Trinajstić information content (AvgIpc) is 2.30. The molecular weight excluding hydrogens is 202 g/mol. The molecule has 0 unspecified atom stereocenters. The molecule has 0 bridgehead atoms. The smallest absolute Gasteiger partial charge is 0.191 e. The van der Waals surface area contributed by atoms with E-state index in [0.29, 0.717) is 0 Å². The summed E-state index contributed by atoms with van der Waals surface area (Å²) >= 11 is 0. The van der Waals surface area contributed by atoms with Crippen LogP contribution in [0.15, 0.2) is 4.99 Å². The van der Waals surface area contributed by atoms with Crippen LogP contribution in [0.25, 0.3) is 0 Å². The largest absolute Gasteiger partial charge is 0.380 e. The van der Waals surface area contributed by atoms with Gasteiger partial charge in [0, 0.05) is 26.2 Å². The van der Waals surface area contributed by atoms with Crippen molar-refractivity contribution in [1.29, 1.82) is 0 Å². The molecule has 0 aliphatic carbocycles. The number of hydrogen-bond donors (Lipinski definition) is 2. The molecule has 0 radical (unpaired) electrons. The summed E-state index contributed by atoms with van der Waals surface area (Å²) in [6, 6.07) is 0. The lowest BCUT2D eigenvalue weighted by Gasteiger charge is -2.11. The predicted molar refractivity (Wildman–Crippen MR) is 70.0 cm³/mol. The minimum Gasteiger partial charge on any atom is -0.380 e. The van der Waals surface area contributed by atoms with Crippen LogP contribution in [0, 0.1) is 0 Å². The van der Waals surface area contributed by atoms with Gasteiger partial charge in [0.1, 0.15) is 0 Å². The van der Waals surface area contributed by atoms with Gasteiger partial charge in [-0.1, -0.05) is 20.3 Å². The molecule has 2 N–H and O–H groups in total. The van der Waals surface area contributed by atoms with Crippen LogP contribution in [0.5, 0.6) is 0 Å². The number of unbranched alkanes of at least 4 members (excludes halogenated alkanes) is 1. The second-order valence-corrected chi connectivity index (χ2v) is 3.65. The molecule has 0 atom stereocenters. The molecule has 0 saturated carbocycles. The Morgan fingerprint density at radius 1 is 1.06 bits per heavy atom. The number of aliphatic imine (C=N–C) groups is 1. The minimum atomic E-state index is 0.747. The van der Waals surface area contributed by atoms with E-state index in [1.807, 2.05) is 0 Å². The van der Waals surface area contributed by atoms with E-state index in [0.717, 1.165) is 51.6 Å². The lowest BCUT2D eigenvalue weighted by Crippen LogP contribution is -2.39. The highest BCUT2D eigenvalue weighted by molar-refractivity contribution is 5.79. The molecule has 0 aliphatic rings. The monoisotopic (exact) mass is 229 g/mol. The maximum Gasteiger partial charge on any atom is 0.191 e. The van der Waals surface area contributed by atoms with Gasteiger partial charge < -0.3 is 15.4 Å². The SMILES string of the molecule is CCCCOCCNC(=NCCC)NCC. The first kappa shape index (κ1) is 15.2. The standard InChI is InChI=1S/C12H27N3O/c1-4-7-10-16-11-9-15-12(13-6-3)14-8-5-2/h4-11H2,1-3H3,(H2,13,14,15). The number of rotatable bonds is 9. The average molecular weight is 229 g/mol. The van der Waals surface area contributed by atoms with Gasteiger partial charge in [-0.3, -0.25) is 4.99 Å². The topological polar surface area (TPSA) is 45.6 Å². The maximum atomic E-state index is 5.46. The van der Waals surface area contributed by atoms with Gasteiger partial charge in [-0.25, -0.2) is 0 Å². The molecular formula is C12H27N3O. The van der Waals surface area contributed by atoms with E-state index in [2.05, 4.69) is 36.4 Å². The van der Waals surface area contributed by atoms with Gasteiger partial charge in [-0.2, -0.15) is 0 Å². The first-order valence-electron chi connectivity index (χ1n) is 6.45. The summed E-state index contributed by atoms with van der Waals surface area (Å²) in [5.74, 6) is 0.892. The molecule has 0 aromatic heterocycles. The minimum absolute atomic E-state index is 0.747. The van der Waals surface area contributed by atoms with Crippen molar-refractivity contribution >= 4 is 5.96 Å². The van der Waals surface area contributed by atoms with E-state index >= 15 is 0 Å². The lowest BCUT2D eigenvalue weighted by atomic mass is 10.4. The summed E-state index contributed by atoms with van der Waals surface area (Å²) in [5.41, 5.74) is 0. The van der Waals surface area contributed by atoms with Crippen LogP contribution in [-0.2, 0) is 4.74 Å². The number of guanidine groups is 1. The van der Waals surface area contributed by atoms with E-state index in [9.17, 15) is 0 Å². The van der Waals surface area contributed by atoms with Gasteiger partial charge in [0.15, 0.2) is 5.96 Å². The van der Waals surface area contributed by atoms with Gasteiger partial charge in [0.05, 0.1) is 6.61 Å². The number of hydrogen-bond acceptors (Lipinski definition) is 2. The highest BCUT2D eigenvalue weighted by Gasteiger charge is 1.95. The molecule has 0 spiro atoms. The van der Waals surface area contributed by atoms with Crippen molar-refractivity contribution in [1.82, 2.24) is 10.6 Å². The Bertz CT molecular complexity index is 172. The third-order valence-electron chi connectivity index (χ3n) is 2.02. The Morgan fingerprint density at radius 2 is 1.88 bits per heavy atom. The van der Waals surface area contributed by atoms with Crippen LogP contribution in [0.4, 0.5) is 0 Å². The Morgan fingerprint density at radius 3 is 2.50 bits per heavy atom. The van der Waals surface area contributed by atoms with Gasteiger partial charge in [-0.05, 0) is 19.8 Å². The van der Waals surface area contributed by atoms with Gasteiger partial charge >= 0.3 is 0 Å². The van der Waals surface area contributed by atoms with Crippen LogP contribution < -0.4 is 10.6 Å². The molecule has 4 heteroatoms. The second-order valence-electron chi connectivity index (χ2n) is 3.65. The maximum absolute atomic E-state index is 5.46. The van der Waals surface area contributed by atoms with E-state index in [4.69, 9.17) is 4.74 Å². The Hall–Kier alpha value is -0.770. The summed E-state index contributed by atoms with van der Waals surface area (Å²) in [4.78, 5) is 4.40. The zero-order valence-electron chi connectivity index (χ0n) is 11.0. The van der Waals surface area contributed by atoms with Gasteiger partial charge in [0.2, 0.25) is 0 Å². The fraction of sp³-hybridized carbons (Fsp3) is 0.917. The fourth-order valence-electron chi connectivity index (χ4n) is 1.16. The molecule has 0 amide bonds. The van der Waals surface area contributed by atoms with E-state index in [1.165, 1.54) is 6.42 Å². The molecule has 96 valence electrons. The Labute approximate surface area is 99.9 Å². The van der Waals surface area contributed by atoms with Crippen LogP contribution in [-0.4, -0.2) is 38.8 Å². The van der Waals surface area contributed by atoms with Crippen LogP contribution >= 0.6 is 0 Å². The second kappa shape index (κ2) is 12.3. The Balaban J connectivity index is 3.51. The zero-order valence-corrected chi connectivity index (χ0v) is 11.0. The lowest BCUT2D eigenvalue weighted by molar-refractivity contribution is 0.136. The fourth-order valence-corrected chi connectivity index (χ4v) is 1.16. The molecule has 0 fully saturated rings. The zero-order chi connectivity index (χ0) is 12.1. The van der Waals surface area contributed by atoms with Crippen LogP contribution in [0.1, 0.15) is 40.0 Å². The quantitative estimate of drug-likeness (QED) is 0.360. The van der Waals surface area contributed by atoms with Crippen LogP contribution in [0.2, 0.25) is 0 Å². The van der Waals surface area contributed by atoms with Crippen molar-refractivity contribution in [3.8, 4) is 0 Å². The van der Waals surface area contributed by atoms with E-state index in [-0.39, 0.29) is 0 Å². The molecule has 16 heavy (non-hydrogen) atoms. The summed E-state index contributed by atoms with van der Waals surface area (Å²) in [5, 5.41) is 6.45. The number of nitrogens with zero attached hydrogens (tertiary/aromatic N) is 1. The highest BCUT2D eigenvalue weighted by Crippen LogP contribution is 1.86. The van der Waals surface area contributed by atoms with E-state index < -0.39 is 0 Å². The van der Waals surface area contributed by atoms with Crippen molar-refractivity contribution < 1.29 is 4.74 Å². The summed E-state index contributed by atoms with van der Waals surface area (Å²) in [6.07, 6.45) is 3.40. The summed E-state index contributed by atoms with van der Waals surface area (Å²) < 4.78 is 5.46. The molecule has 0 aromatic rings. The summed E-state index contributed by atoms with van der Waals surface area (Å²) in [6.45, 7) is 10.6. The van der Waals surface area contributed by atoms with Gasteiger partial charge in [0.25, 0.3) is 0 Å². The molecule has 0 aromatic carbocycles. The van der Waals surface area contributed by atoms with Crippen molar-refractivity contribution in [2.45, 2.75) is 40.0 Å². The first-order chi connectivity index (χ1) is 7.85. The predicted octanol–water partition coefficient (Wildman–Crippen LogP) is 1.77. The van der Waals surface area contributed by atoms with Crippen LogP contribution in [0.3, 0.4) is 0 Å². The molecule has 0 heterocycles. The highest BCUT2D eigenvalue weighted by atomic mass is 16.5. The summed E-state index contributed by atoms with van der Waals surface area (Å²) in [7, 11) is 0. The molecule has 0 saturated heterocycles. The molecule has 0 rings (SSSR count).